The van der Waals surface area contributed by atoms with E-state index in [4.69, 9.17) is 5.14 Å². The van der Waals surface area contributed by atoms with Gasteiger partial charge in [0.15, 0.2) is 0 Å². The van der Waals surface area contributed by atoms with Gasteiger partial charge in [-0.3, -0.25) is 0 Å². The van der Waals surface area contributed by atoms with Crippen molar-refractivity contribution < 1.29 is 12.8 Å². The minimum Gasteiger partial charge on any atom is -0.232 e. The summed E-state index contributed by atoms with van der Waals surface area (Å²) < 4.78 is 38.4. The van der Waals surface area contributed by atoms with Crippen molar-refractivity contribution in [1.29, 1.82) is 0 Å². The maximum atomic E-state index is 13.2. The fourth-order valence-corrected chi connectivity index (χ4v) is 3.32. The molecule has 2 N–H and O–H groups in total. The normalized spacial score (nSPS) is 11.7. The largest absolute Gasteiger partial charge is 0.238 e. The van der Waals surface area contributed by atoms with Gasteiger partial charge in [0.05, 0.1) is 26.4 Å². The van der Waals surface area contributed by atoms with Crippen LogP contribution in [0.2, 0.25) is 0 Å². The number of primary sulfonamides is 1. The quantitative estimate of drug-likeness (QED) is 0.719. The Morgan fingerprint density at radius 3 is 2.21 bits per heavy atom. The van der Waals surface area contributed by atoms with Crippen LogP contribution in [-0.2, 0) is 10.0 Å². The van der Waals surface area contributed by atoms with Gasteiger partial charge in [-0.1, -0.05) is 0 Å². The summed E-state index contributed by atoms with van der Waals surface area (Å²) in [7, 11) is -3.75. The Bertz CT molecular complexity index is 997. The fourth-order valence-electron chi connectivity index (χ4n) is 2.33. The number of nitrogens with zero attached hydrogens (tertiary/aromatic N) is 2. The number of aromatic nitrogens is 2. The molecule has 0 fully saturated rings. The van der Waals surface area contributed by atoms with Gasteiger partial charge >= 0.3 is 0 Å². The number of hydrogen-bond donors (Lipinski definition) is 1. The number of rotatable bonds is 3. The second-order valence-corrected chi connectivity index (χ2v) is 7.56. The average Bonchev–Trinajstić information content (AvgIpc) is 2.83. The molecule has 0 amide bonds. The van der Waals surface area contributed by atoms with Crippen molar-refractivity contribution in [2.45, 2.75) is 11.8 Å². The van der Waals surface area contributed by atoms with E-state index in [1.165, 1.54) is 24.3 Å². The van der Waals surface area contributed by atoms with Crippen molar-refractivity contribution in [3.63, 3.8) is 0 Å². The maximum Gasteiger partial charge on any atom is 0.238 e. The summed E-state index contributed by atoms with van der Waals surface area (Å²) in [5, 5.41) is 9.58. The molecule has 0 spiro atoms. The Balaban J connectivity index is 2.15. The Hall–Kier alpha value is -2.03. The number of aryl methyl sites for hydroxylation is 1. The lowest BCUT2D eigenvalue weighted by molar-refractivity contribution is 0.597. The lowest BCUT2D eigenvalue weighted by Gasteiger charge is -2.09. The molecule has 0 bridgehead atoms. The van der Waals surface area contributed by atoms with E-state index in [2.05, 4.69) is 21.0 Å². The number of benzene rings is 2. The molecular formula is C16H13BrFN3O2S. The number of halogens is 2. The Kier molecular flexibility index (Phi) is 4.29. The van der Waals surface area contributed by atoms with E-state index in [0.717, 1.165) is 21.4 Å². The summed E-state index contributed by atoms with van der Waals surface area (Å²) >= 11 is 3.51. The maximum absolute atomic E-state index is 13.2. The van der Waals surface area contributed by atoms with Crippen LogP contribution in [0.15, 0.2) is 57.9 Å². The molecule has 0 aliphatic heterocycles. The molecule has 5 nitrogen and oxygen atoms in total. The van der Waals surface area contributed by atoms with E-state index < -0.39 is 10.0 Å². The van der Waals surface area contributed by atoms with Crippen LogP contribution >= 0.6 is 15.9 Å². The molecule has 3 aromatic rings. The summed E-state index contributed by atoms with van der Waals surface area (Å²) in [6.07, 6.45) is 0. The highest BCUT2D eigenvalue weighted by Gasteiger charge is 2.17. The number of sulfonamides is 1. The summed E-state index contributed by atoms with van der Waals surface area (Å²) in [4.78, 5) is 0.0255. The first-order valence-corrected chi connectivity index (χ1v) is 9.25. The summed E-state index contributed by atoms with van der Waals surface area (Å²) in [6.45, 7) is 1.84. The van der Waals surface area contributed by atoms with E-state index >= 15 is 0 Å². The van der Waals surface area contributed by atoms with E-state index in [1.807, 2.05) is 6.92 Å². The van der Waals surface area contributed by atoms with Gasteiger partial charge in [-0.25, -0.2) is 22.6 Å². The second-order valence-electron chi connectivity index (χ2n) is 5.21. The average molecular weight is 410 g/mol. The monoisotopic (exact) mass is 409 g/mol. The third-order valence-electron chi connectivity index (χ3n) is 3.51. The summed E-state index contributed by atoms with van der Waals surface area (Å²) in [5.41, 5.74) is 2.94. The SMILES string of the molecule is Cc1nn(-c2ccc(S(N)(=O)=O)cc2)c(-c2ccc(F)cc2)c1Br. The van der Waals surface area contributed by atoms with Crippen molar-refractivity contribution in [2.75, 3.05) is 0 Å². The molecule has 0 aliphatic rings. The van der Waals surface area contributed by atoms with Gasteiger partial charge in [0.1, 0.15) is 5.82 Å². The van der Waals surface area contributed by atoms with Gasteiger partial charge in [-0.05, 0) is 71.4 Å². The predicted molar refractivity (Wildman–Crippen MR) is 92.8 cm³/mol. The van der Waals surface area contributed by atoms with Crippen molar-refractivity contribution in [1.82, 2.24) is 9.78 Å². The fraction of sp³-hybridized carbons (Fsp3) is 0.0625. The zero-order chi connectivity index (χ0) is 17.5. The second kappa shape index (κ2) is 6.12. The summed E-state index contributed by atoms with van der Waals surface area (Å²) in [5.74, 6) is -0.324. The highest BCUT2D eigenvalue weighted by Crippen LogP contribution is 2.33. The van der Waals surface area contributed by atoms with Gasteiger partial charge < -0.3 is 0 Å². The van der Waals surface area contributed by atoms with Crippen LogP contribution in [-0.4, -0.2) is 18.2 Å². The van der Waals surface area contributed by atoms with Crippen molar-refractivity contribution >= 4 is 26.0 Å². The molecular weight excluding hydrogens is 397 g/mol. The van der Waals surface area contributed by atoms with Crippen LogP contribution in [0.4, 0.5) is 4.39 Å². The molecule has 0 atom stereocenters. The standard InChI is InChI=1S/C16H13BrFN3O2S/c1-10-15(17)16(11-2-4-12(18)5-3-11)21(20-10)13-6-8-14(9-7-13)24(19,22)23/h2-9H,1H3,(H2,19,22,23). The Morgan fingerprint density at radius 2 is 1.67 bits per heavy atom. The van der Waals surface area contributed by atoms with E-state index in [9.17, 15) is 12.8 Å². The molecule has 1 heterocycles. The van der Waals surface area contributed by atoms with E-state index in [0.29, 0.717) is 5.69 Å². The first-order chi connectivity index (χ1) is 11.3. The number of nitrogens with two attached hydrogens (primary N) is 1. The van der Waals surface area contributed by atoms with Crippen LogP contribution in [0, 0.1) is 12.7 Å². The molecule has 0 saturated carbocycles. The highest BCUT2D eigenvalue weighted by atomic mass is 79.9. The predicted octanol–water partition coefficient (Wildman–Crippen LogP) is 3.40. The van der Waals surface area contributed by atoms with Crippen LogP contribution in [0.25, 0.3) is 16.9 Å². The molecule has 0 saturated heterocycles. The molecule has 3 rings (SSSR count). The molecule has 0 radical (unpaired) electrons. The van der Waals surface area contributed by atoms with Crippen molar-refractivity contribution in [2.24, 2.45) is 5.14 Å². The van der Waals surface area contributed by atoms with Crippen LogP contribution in [0.5, 0.6) is 0 Å². The van der Waals surface area contributed by atoms with Crippen LogP contribution in [0.1, 0.15) is 5.69 Å². The van der Waals surface area contributed by atoms with Crippen LogP contribution in [0.3, 0.4) is 0 Å². The van der Waals surface area contributed by atoms with Crippen molar-refractivity contribution in [3.8, 4) is 16.9 Å². The molecule has 24 heavy (non-hydrogen) atoms. The molecule has 2 aromatic carbocycles. The third kappa shape index (κ3) is 3.12. The van der Waals surface area contributed by atoms with E-state index in [1.54, 1.807) is 28.9 Å². The Labute approximate surface area is 147 Å². The lowest BCUT2D eigenvalue weighted by Crippen LogP contribution is -2.12. The molecule has 8 heteroatoms. The molecule has 0 unspecified atom stereocenters. The summed E-state index contributed by atoms with van der Waals surface area (Å²) in [6, 6.07) is 12.1. The zero-order valence-electron chi connectivity index (χ0n) is 12.6. The van der Waals surface area contributed by atoms with Crippen LogP contribution < -0.4 is 5.14 Å². The minimum atomic E-state index is -3.75. The van der Waals surface area contributed by atoms with E-state index in [-0.39, 0.29) is 10.7 Å². The number of hydrogen-bond acceptors (Lipinski definition) is 3. The van der Waals surface area contributed by atoms with Gasteiger partial charge in [-0.15, -0.1) is 0 Å². The van der Waals surface area contributed by atoms with Gasteiger partial charge in [-0.2, -0.15) is 5.10 Å². The smallest absolute Gasteiger partial charge is 0.232 e. The lowest BCUT2D eigenvalue weighted by atomic mass is 10.1. The topological polar surface area (TPSA) is 78.0 Å². The third-order valence-corrected chi connectivity index (χ3v) is 5.39. The van der Waals surface area contributed by atoms with Gasteiger partial charge in [0, 0.05) is 5.56 Å². The van der Waals surface area contributed by atoms with Gasteiger partial charge in [0.25, 0.3) is 0 Å². The zero-order valence-corrected chi connectivity index (χ0v) is 15.0. The highest BCUT2D eigenvalue weighted by molar-refractivity contribution is 9.10. The molecule has 1 aromatic heterocycles. The first-order valence-electron chi connectivity index (χ1n) is 6.91. The molecule has 124 valence electrons. The van der Waals surface area contributed by atoms with Crippen molar-refractivity contribution in [3.05, 3.63) is 64.5 Å². The minimum absolute atomic E-state index is 0.0255. The Morgan fingerprint density at radius 1 is 1.08 bits per heavy atom. The molecule has 0 aliphatic carbocycles. The first kappa shape index (κ1) is 16.8. The van der Waals surface area contributed by atoms with Gasteiger partial charge in [0.2, 0.25) is 10.0 Å².